The quantitative estimate of drug-likeness (QED) is 0.623. The largest absolute Gasteiger partial charge is 0.468 e. The van der Waals surface area contributed by atoms with Gasteiger partial charge in [0.2, 0.25) is 0 Å². The van der Waals surface area contributed by atoms with Gasteiger partial charge in [-0.25, -0.2) is 0 Å². The Bertz CT molecular complexity index is 643. The molecule has 130 valence electrons. The van der Waals surface area contributed by atoms with Crippen LogP contribution in [0.25, 0.3) is 0 Å². The number of methoxy groups -OCH3 is 1. The summed E-state index contributed by atoms with van der Waals surface area (Å²) in [6, 6.07) is 22.6. The Hall–Kier alpha value is -2.60. The molecule has 3 nitrogen and oxygen atoms in total. The second-order valence-electron chi connectivity index (χ2n) is 6.36. The zero-order valence-electron chi connectivity index (χ0n) is 14.8. The molecule has 25 heavy (non-hydrogen) atoms. The molecule has 0 unspecified atom stereocenters. The number of benzene rings is 2. The van der Waals surface area contributed by atoms with Crippen molar-refractivity contribution >= 4 is 5.97 Å². The number of nitriles is 1. The smallest absolute Gasteiger partial charge is 0.326 e. The monoisotopic (exact) mass is 335 g/mol. The van der Waals surface area contributed by atoms with E-state index in [0.717, 1.165) is 25.7 Å². The van der Waals surface area contributed by atoms with Crippen molar-refractivity contribution < 1.29 is 9.53 Å². The average molecular weight is 335 g/mol. The van der Waals surface area contributed by atoms with Crippen molar-refractivity contribution in [2.45, 2.75) is 38.5 Å². The van der Waals surface area contributed by atoms with Crippen LogP contribution in [0.3, 0.4) is 0 Å². The molecule has 0 fully saturated rings. The van der Waals surface area contributed by atoms with E-state index in [1.165, 1.54) is 18.2 Å². The maximum atomic E-state index is 12.3. The lowest BCUT2D eigenvalue weighted by atomic mass is 9.79. The van der Waals surface area contributed by atoms with E-state index in [4.69, 9.17) is 4.74 Å². The lowest BCUT2D eigenvalue weighted by Gasteiger charge is -2.23. The Balaban J connectivity index is 1.95. The van der Waals surface area contributed by atoms with Gasteiger partial charge in [0.05, 0.1) is 13.2 Å². The van der Waals surface area contributed by atoms with Crippen LogP contribution < -0.4 is 0 Å². The highest BCUT2D eigenvalue weighted by molar-refractivity contribution is 5.79. The summed E-state index contributed by atoms with van der Waals surface area (Å²) in [5.41, 5.74) is 1.41. The molecule has 0 N–H and O–H groups in total. The van der Waals surface area contributed by atoms with Crippen LogP contribution in [0.4, 0.5) is 0 Å². The summed E-state index contributed by atoms with van der Waals surface area (Å²) in [5, 5.41) is 9.72. The molecule has 2 aromatic carbocycles. The molecule has 0 atom stereocenters. The van der Waals surface area contributed by atoms with Crippen molar-refractivity contribution in [1.82, 2.24) is 0 Å². The van der Waals surface area contributed by atoms with Gasteiger partial charge in [-0.05, 0) is 49.7 Å². The number of aryl methyl sites for hydroxylation is 2. The molecule has 2 rings (SSSR count). The van der Waals surface area contributed by atoms with Gasteiger partial charge in [0.25, 0.3) is 0 Å². The number of rotatable bonds is 9. The van der Waals surface area contributed by atoms with Crippen LogP contribution in [0.15, 0.2) is 60.7 Å². The number of nitrogens with zero attached hydrogens (tertiary/aromatic N) is 1. The molecule has 0 aromatic heterocycles. The maximum Gasteiger partial charge on any atom is 0.326 e. The fraction of sp³-hybridized carbons (Fsp3) is 0.364. The third kappa shape index (κ3) is 5.46. The minimum Gasteiger partial charge on any atom is -0.468 e. The summed E-state index contributed by atoms with van der Waals surface area (Å²) in [5.74, 6) is -0.406. The SMILES string of the molecule is COC(=O)C(C#N)(CCCc1ccccc1)CCCc1ccccc1. The van der Waals surface area contributed by atoms with E-state index in [-0.39, 0.29) is 0 Å². The van der Waals surface area contributed by atoms with Gasteiger partial charge in [0.1, 0.15) is 0 Å². The summed E-state index contributed by atoms with van der Waals surface area (Å²) in [6.45, 7) is 0. The van der Waals surface area contributed by atoms with Crippen LogP contribution in [0.5, 0.6) is 0 Å². The second-order valence-corrected chi connectivity index (χ2v) is 6.36. The molecule has 2 aromatic rings. The zero-order chi connectivity index (χ0) is 18.0. The van der Waals surface area contributed by atoms with Crippen LogP contribution in [0.1, 0.15) is 36.8 Å². The summed E-state index contributed by atoms with van der Waals surface area (Å²) in [7, 11) is 1.36. The van der Waals surface area contributed by atoms with E-state index < -0.39 is 11.4 Å². The van der Waals surface area contributed by atoms with Gasteiger partial charge in [-0.3, -0.25) is 4.79 Å². The minimum atomic E-state index is -1.04. The average Bonchev–Trinajstić information content (AvgIpc) is 2.68. The standard InChI is InChI=1S/C22H25NO2/c1-25-21(24)22(18-23,16-8-14-19-10-4-2-5-11-19)17-9-15-20-12-6-3-7-13-20/h2-7,10-13H,8-9,14-17H2,1H3. The third-order valence-electron chi connectivity index (χ3n) is 4.61. The van der Waals surface area contributed by atoms with Gasteiger partial charge < -0.3 is 4.74 Å². The maximum absolute atomic E-state index is 12.3. The van der Waals surface area contributed by atoms with E-state index in [2.05, 4.69) is 30.3 Å². The van der Waals surface area contributed by atoms with Crippen molar-refractivity contribution in [3.63, 3.8) is 0 Å². The van der Waals surface area contributed by atoms with E-state index in [1.807, 2.05) is 36.4 Å². The molecule has 0 aliphatic heterocycles. The first-order valence-corrected chi connectivity index (χ1v) is 8.78. The van der Waals surface area contributed by atoms with Gasteiger partial charge in [0, 0.05) is 0 Å². The molecule has 3 heteroatoms. The Kier molecular flexibility index (Phi) is 7.22. The fourth-order valence-corrected chi connectivity index (χ4v) is 3.16. The van der Waals surface area contributed by atoms with Gasteiger partial charge in [0.15, 0.2) is 5.41 Å². The molecule has 0 aliphatic rings. The Labute approximate surface area is 150 Å². The third-order valence-corrected chi connectivity index (χ3v) is 4.61. The molecule has 0 bridgehead atoms. The van der Waals surface area contributed by atoms with Crippen LogP contribution in [-0.2, 0) is 22.4 Å². The second kappa shape index (κ2) is 9.64. The molecule has 0 heterocycles. The molecule has 0 aliphatic carbocycles. The Morgan fingerprint density at radius 3 is 1.72 bits per heavy atom. The van der Waals surface area contributed by atoms with Gasteiger partial charge >= 0.3 is 5.97 Å². The molecule has 0 saturated carbocycles. The normalized spacial score (nSPS) is 10.9. The van der Waals surface area contributed by atoms with Crippen molar-refractivity contribution in [3.05, 3.63) is 71.8 Å². The minimum absolute atomic E-state index is 0.406. The molecule has 0 spiro atoms. The zero-order valence-corrected chi connectivity index (χ0v) is 14.8. The molecule has 0 amide bonds. The Morgan fingerprint density at radius 2 is 1.36 bits per heavy atom. The van der Waals surface area contributed by atoms with E-state index in [0.29, 0.717) is 12.8 Å². The summed E-state index contributed by atoms with van der Waals surface area (Å²) >= 11 is 0. The van der Waals surface area contributed by atoms with E-state index >= 15 is 0 Å². The fourth-order valence-electron chi connectivity index (χ4n) is 3.16. The number of ether oxygens (including phenoxy) is 1. The van der Waals surface area contributed by atoms with Crippen molar-refractivity contribution in [2.75, 3.05) is 7.11 Å². The summed E-state index contributed by atoms with van der Waals surface area (Å²) in [4.78, 5) is 12.3. The molecular formula is C22H25NO2. The van der Waals surface area contributed by atoms with Crippen molar-refractivity contribution in [2.24, 2.45) is 5.41 Å². The van der Waals surface area contributed by atoms with Crippen LogP contribution in [0.2, 0.25) is 0 Å². The van der Waals surface area contributed by atoms with Crippen LogP contribution in [-0.4, -0.2) is 13.1 Å². The van der Waals surface area contributed by atoms with Crippen molar-refractivity contribution in [3.8, 4) is 6.07 Å². The molecule has 0 saturated heterocycles. The van der Waals surface area contributed by atoms with Crippen LogP contribution in [0, 0.1) is 16.7 Å². The van der Waals surface area contributed by atoms with E-state index in [9.17, 15) is 10.1 Å². The lowest BCUT2D eigenvalue weighted by Crippen LogP contribution is -2.31. The van der Waals surface area contributed by atoms with Gasteiger partial charge in [-0.1, -0.05) is 60.7 Å². The summed E-state index contributed by atoms with van der Waals surface area (Å²) in [6.07, 6.45) is 4.36. The highest BCUT2D eigenvalue weighted by Crippen LogP contribution is 2.32. The predicted molar refractivity (Wildman–Crippen MR) is 98.8 cm³/mol. The van der Waals surface area contributed by atoms with E-state index in [1.54, 1.807) is 0 Å². The first kappa shape index (κ1) is 18.7. The topological polar surface area (TPSA) is 50.1 Å². The number of hydrogen-bond acceptors (Lipinski definition) is 3. The molecule has 0 radical (unpaired) electrons. The first-order chi connectivity index (χ1) is 12.2. The number of carbonyl (C=O) groups is 1. The van der Waals surface area contributed by atoms with Gasteiger partial charge in [-0.2, -0.15) is 5.26 Å². The lowest BCUT2D eigenvalue weighted by molar-refractivity contribution is -0.150. The summed E-state index contributed by atoms with van der Waals surface area (Å²) < 4.78 is 4.95. The highest BCUT2D eigenvalue weighted by Gasteiger charge is 2.38. The first-order valence-electron chi connectivity index (χ1n) is 8.78. The number of carbonyl (C=O) groups excluding carboxylic acids is 1. The van der Waals surface area contributed by atoms with Crippen LogP contribution >= 0.6 is 0 Å². The number of hydrogen-bond donors (Lipinski definition) is 0. The number of esters is 1. The molecular weight excluding hydrogens is 310 g/mol. The van der Waals surface area contributed by atoms with Crippen molar-refractivity contribution in [1.29, 1.82) is 5.26 Å². The van der Waals surface area contributed by atoms with Gasteiger partial charge in [-0.15, -0.1) is 0 Å². The Morgan fingerprint density at radius 1 is 0.920 bits per heavy atom. The predicted octanol–water partition coefficient (Wildman–Crippen LogP) is 4.72. The highest BCUT2D eigenvalue weighted by atomic mass is 16.5.